The van der Waals surface area contributed by atoms with E-state index in [4.69, 9.17) is 4.74 Å². The number of rotatable bonds is 5. The van der Waals surface area contributed by atoms with Crippen molar-refractivity contribution in [2.24, 2.45) is 0 Å². The van der Waals surface area contributed by atoms with E-state index in [1.165, 1.54) is 0 Å². The van der Waals surface area contributed by atoms with Gasteiger partial charge in [-0.15, -0.1) is 0 Å². The van der Waals surface area contributed by atoms with Gasteiger partial charge in [0.15, 0.2) is 0 Å². The Morgan fingerprint density at radius 3 is 2.91 bits per heavy atom. The van der Waals surface area contributed by atoms with E-state index in [9.17, 15) is 4.79 Å². The summed E-state index contributed by atoms with van der Waals surface area (Å²) in [4.78, 5) is 20.2. The van der Waals surface area contributed by atoms with Crippen LogP contribution in [0.25, 0.3) is 0 Å². The lowest BCUT2D eigenvalue weighted by atomic mass is 10.0. The first-order chi connectivity index (χ1) is 10.8. The molecule has 22 heavy (non-hydrogen) atoms. The van der Waals surface area contributed by atoms with Crippen molar-refractivity contribution in [3.63, 3.8) is 0 Å². The van der Waals surface area contributed by atoms with Crippen LogP contribution in [0.2, 0.25) is 0 Å². The quantitative estimate of drug-likeness (QED) is 0.882. The van der Waals surface area contributed by atoms with E-state index in [1.807, 2.05) is 24.3 Å². The van der Waals surface area contributed by atoms with Gasteiger partial charge in [-0.05, 0) is 12.1 Å². The van der Waals surface area contributed by atoms with E-state index in [1.54, 1.807) is 18.5 Å². The third kappa shape index (κ3) is 3.52. The predicted octanol–water partition coefficient (Wildman–Crippen LogP) is 1.92. The van der Waals surface area contributed by atoms with Gasteiger partial charge < -0.3 is 15.4 Å². The molecule has 0 fully saturated rings. The Morgan fingerprint density at radius 2 is 2.05 bits per heavy atom. The molecule has 0 aliphatic carbocycles. The lowest BCUT2D eigenvalue weighted by molar-refractivity contribution is -0.121. The second kappa shape index (κ2) is 6.89. The first kappa shape index (κ1) is 14.3. The first-order valence-corrected chi connectivity index (χ1v) is 7.35. The van der Waals surface area contributed by atoms with Gasteiger partial charge in [0.25, 0.3) is 0 Å². The summed E-state index contributed by atoms with van der Waals surface area (Å²) in [6, 6.07) is 9.59. The summed E-state index contributed by atoms with van der Waals surface area (Å²) in [5, 5.41) is 6.09. The van der Waals surface area contributed by atoms with Crippen LogP contribution in [0.4, 0.5) is 5.95 Å². The molecule has 0 unspecified atom stereocenters. The van der Waals surface area contributed by atoms with Crippen LogP contribution in [0.3, 0.4) is 0 Å². The van der Waals surface area contributed by atoms with Crippen molar-refractivity contribution in [3.05, 3.63) is 48.3 Å². The molecule has 0 saturated carbocycles. The molecule has 1 aliphatic rings. The van der Waals surface area contributed by atoms with E-state index in [2.05, 4.69) is 20.6 Å². The SMILES string of the molecule is O=C(CCNc1ncccn1)N[C@@H]1CCOc2ccccc21. The third-order valence-electron chi connectivity index (χ3n) is 3.49. The number of nitrogens with zero attached hydrogens (tertiary/aromatic N) is 2. The van der Waals surface area contributed by atoms with Gasteiger partial charge in [0.05, 0.1) is 12.6 Å². The predicted molar refractivity (Wildman–Crippen MR) is 82.6 cm³/mol. The van der Waals surface area contributed by atoms with Crippen LogP contribution in [-0.4, -0.2) is 29.0 Å². The van der Waals surface area contributed by atoms with Gasteiger partial charge in [0.2, 0.25) is 11.9 Å². The van der Waals surface area contributed by atoms with Crippen molar-refractivity contribution in [1.82, 2.24) is 15.3 Å². The van der Waals surface area contributed by atoms with Gasteiger partial charge in [-0.1, -0.05) is 18.2 Å². The Morgan fingerprint density at radius 1 is 1.23 bits per heavy atom. The van der Waals surface area contributed by atoms with Crippen LogP contribution in [0.5, 0.6) is 5.75 Å². The van der Waals surface area contributed by atoms with Gasteiger partial charge in [-0.3, -0.25) is 4.79 Å². The van der Waals surface area contributed by atoms with Crippen molar-refractivity contribution >= 4 is 11.9 Å². The second-order valence-corrected chi connectivity index (χ2v) is 5.04. The third-order valence-corrected chi connectivity index (χ3v) is 3.49. The van der Waals surface area contributed by atoms with Crippen LogP contribution in [-0.2, 0) is 4.79 Å². The van der Waals surface area contributed by atoms with E-state index in [0.717, 1.165) is 17.7 Å². The molecule has 6 heteroatoms. The van der Waals surface area contributed by atoms with Crippen LogP contribution in [0, 0.1) is 0 Å². The molecular weight excluding hydrogens is 280 g/mol. The minimum absolute atomic E-state index is 0.00475. The number of carbonyl (C=O) groups is 1. The highest BCUT2D eigenvalue weighted by Gasteiger charge is 2.22. The molecular formula is C16H18N4O2. The molecule has 114 valence electrons. The van der Waals surface area contributed by atoms with Gasteiger partial charge >= 0.3 is 0 Å². The lowest BCUT2D eigenvalue weighted by Gasteiger charge is -2.26. The lowest BCUT2D eigenvalue weighted by Crippen LogP contribution is -2.33. The molecule has 2 N–H and O–H groups in total. The number of para-hydroxylation sites is 1. The molecule has 1 aliphatic heterocycles. The summed E-state index contributed by atoms with van der Waals surface area (Å²) in [7, 11) is 0. The smallest absolute Gasteiger partial charge is 0.222 e. The van der Waals surface area contributed by atoms with Gasteiger partial charge in [0.1, 0.15) is 5.75 Å². The first-order valence-electron chi connectivity index (χ1n) is 7.35. The molecule has 2 heterocycles. The minimum Gasteiger partial charge on any atom is -0.493 e. The van der Waals surface area contributed by atoms with Crippen molar-refractivity contribution in [2.75, 3.05) is 18.5 Å². The summed E-state index contributed by atoms with van der Waals surface area (Å²) in [5.41, 5.74) is 1.04. The molecule has 3 rings (SSSR count). The van der Waals surface area contributed by atoms with Gasteiger partial charge in [0, 0.05) is 37.3 Å². The molecule has 1 aromatic heterocycles. The van der Waals surface area contributed by atoms with Crippen LogP contribution < -0.4 is 15.4 Å². The van der Waals surface area contributed by atoms with E-state index < -0.39 is 0 Å². The average Bonchev–Trinajstić information content (AvgIpc) is 2.56. The highest BCUT2D eigenvalue weighted by molar-refractivity contribution is 5.77. The number of ether oxygens (including phenoxy) is 1. The molecule has 2 aromatic rings. The Balaban J connectivity index is 1.50. The van der Waals surface area contributed by atoms with Crippen LogP contribution in [0.15, 0.2) is 42.7 Å². The molecule has 0 spiro atoms. The molecule has 0 saturated heterocycles. The van der Waals surface area contributed by atoms with E-state index >= 15 is 0 Å². The van der Waals surface area contributed by atoms with Crippen molar-refractivity contribution in [3.8, 4) is 5.75 Å². The fourth-order valence-corrected chi connectivity index (χ4v) is 2.44. The fourth-order valence-electron chi connectivity index (χ4n) is 2.44. The van der Waals surface area contributed by atoms with E-state index in [-0.39, 0.29) is 11.9 Å². The zero-order valence-corrected chi connectivity index (χ0v) is 12.2. The van der Waals surface area contributed by atoms with Gasteiger partial charge in [-0.25, -0.2) is 9.97 Å². The number of hydrogen-bond acceptors (Lipinski definition) is 5. The standard InChI is InChI=1S/C16H18N4O2/c21-15(6-10-19-16-17-8-3-9-18-16)20-13-7-11-22-14-5-2-1-4-12(13)14/h1-5,8-9,13H,6-7,10-11H2,(H,20,21)(H,17,18,19)/t13-/m1/s1. The zero-order valence-electron chi connectivity index (χ0n) is 12.2. The van der Waals surface area contributed by atoms with E-state index in [0.29, 0.717) is 25.5 Å². The molecule has 0 bridgehead atoms. The Bertz CT molecular complexity index is 633. The second-order valence-electron chi connectivity index (χ2n) is 5.04. The maximum absolute atomic E-state index is 12.1. The number of aromatic nitrogens is 2. The van der Waals surface area contributed by atoms with Crippen molar-refractivity contribution < 1.29 is 9.53 Å². The summed E-state index contributed by atoms with van der Waals surface area (Å²) in [6.45, 7) is 1.12. The molecule has 1 atom stereocenters. The maximum atomic E-state index is 12.1. The number of anilines is 1. The minimum atomic E-state index is 0.00475. The fraction of sp³-hybridized carbons (Fsp3) is 0.312. The number of hydrogen-bond donors (Lipinski definition) is 2. The summed E-state index contributed by atoms with van der Waals surface area (Å²) in [6.07, 6.45) is 4.48. The molecule has 1 amide bonds. The van der Waals surface area contributed by atoms with Crippen molar-refractivity contribution in [1.29, 1.82) is 0 Å². The number of fused-ring (bicyclic) bond motifs is 1. The zero-order chi connectivity index (χ0) is 15.2. The van der Waals surface area contributed by atoms with Gasteiger partial charge in [-0.2, -0.15) is 0 Å². The topological polar surface area (TPSA) is 76.1 Å². The Kier molecular flexibility index (Phi) is 4.48. The highest BCUT2D eigenvalue weighted by atomic mass is 16.5. The van der Waals surface area contributed by atoms with Crippen molar-refractivity contribution in [2.45, 2.75) is 18.9 Å². The normalized spacial score (nSPS) is 16.3. The number of benzene rings is 1. The Labute approximate surface area is 128 Å². The highest BCUT2D eigenvalue weighted by Crippen LogP contribution is 2.31. The summed E-state index contributed by atoms with van der Waals surface area (Å²) >= 11 is 0. The largest absolute Gasteiger partial charge is 0.493 e. The maximum Gasteiger partial charge on any atom is 0.222 e. The number of nitrogens with one attached hydrogen (secondary N) is 2. The summed E-state index contributed by atoms with van der Waals surface area (Å²) < 4.78 is 5.59. The van der Waals surface area contributed by atoms with Crippen LogP contribution in [0.1, 0.15) is 24.4 Å². The molecule has 1 aromatic carbocycles. The van der Waals surface area contributed by atoms with Crippen LogP contribution >= 0.6 is 0 Å². The number of carbonyl (C=O) groups excluding carboxylic acids is 1. The number of amides is 1. The Hall–Kier alpha value is -2.63. The average molecular weight is 298 g/mol. The summed E-state index contributed by atoms with van der Waals surface area (Å²) in [5.74, 6) is 1.40. The molecule has 0 radical (unpaired) electrons. The monoisotopic (exact) mass is 298 g/mol. The molecule has 6 nitrogen and oxygen atoms in total.